The zero-order valence-corrected chi connectivity index (χ0v) is 13.5. The third-order valence-corrected chi connectivity index (χ3v) is 6.42. The van der Waals surface area contributed by atoms with Crippen LogP contribution in [0, 0.1) is 23.5 Å². The first-order valence-corrected chi connectivity index (χ1v) is 8.98. The number of amides is 1. The van der Waals surface area contributed by atoms with Gasteiger partial charge in [-0.25, -0.2) is 17.2 Å². The summed E-state index contributed by atoms with van der Waals surface area (Å²) < 4.78 is 52.7. The highest BCUT2D eigenvalue weighted by atomic mass is 32.2. The number of hydrogen-bond acceptors (Lipinski definition) is 3. The summed E-state index contributed by atoms with van der Waals surface area (Å²) in [7, 11) is -4.02. The molecule has 0 N–H and O–H groups in total. The number of benzene rings is 1. The van der Waals surface area contributed by atoms with Crippen molar-refractivity contribution in [1.29, 1.82) is 0 Å². The minimum atomic E-state index is -4.02. The quantitative estimate of drug-likeness (QED) is 0.834. The topological polar surface area (TPSA) is 57.7 Å². The monoisotopic (exact) mass is 344 g/mol. The number of halogens is 2. The van der Waals surface area contributed by atoms with E-state index in [0.717, 1.165) is 22.9 Å². The smallest absolute Gasteiger partial charge is 0.246 e. The van der Waals surface area contributed by atoms with E-state index in [-0.39, 0.29) is 24.9 Å². The number of rotatable bonds is 3. The van der Waals surface area contributed by atoms with Crippen LogP contribution in [0.2, 0.25) is 0 Å². The highest BCUT2D eigenvalue weighted by molar-refractivity contribution is 7.89. The van der Waals surface area contributed by atoms with Crippen molar-refractivity contribution in [2.45, 2.75) is 18.2 Å². The number of nitrogens with zero attached hydrogens (tertiary/aromatic N) is 2. The van der Waals surface area contributed by atoms with Gasteiger partial charge in [-0.2, -0.15) is 4.31 Å². The van der Waals surface area contributed by atoms with Gasteiger partial charge in [0.25, 0.3) is 0 Å². The Balaban J connectivity index is 1.70. The second-order valence-corrected chi connectivity index (χ2v) is 8.03. The molecule has 1 amide bonds. The Labute approximate surface area is 133 Å². The molecule has 1 aliphatic heterocycles. The van der Waals surface area contributed by atoms with Gasteiger partial charge in [0.1, 0.15) is 16.5 Å². The number of piperazine rings is 1. The van der Waals surface area contributed by atoms with Gasteiger partial charge in [0.2, 0.25) is 15.9 Å². The Morgan fingerprint density at radius 3 is 2.30 bits per heavy atom. The predicted octanol–water partition coefficient (Wildman–Crippen LogP) is 1.45. The number of carbonyl (C=O) groups excluding carboxylic acids is 1. The van der Waals surface area contributed by atoms with Crippen LogP contribution in [-0.4, -0.2) is 49.7 Å². The lowest BCUT2D eigenvalue weighted by molar-refractivity contribution is -0.134. The molecule has 0 radical (unpaired) electrons. The Hall–Kier alpha value is -1.54. The largest absolute Gasteiger partial charge is 0.340 e. The molecule has 8 heteroatoms. The first-order valence-electron chi connectivity index (χ1n) is 7.54. The maximum atomic E-state index is 13.8. The number of sulfonamides is 1. The Morgan fingerprint density at radius 1 is 1.17 bits per heavy atom. The lowest BCUT2D eigenvalue weighted by Crippen LogP contribution is -2.51. The average Bonchev–Trinajstić information content (AvgIpc) is 3.23. The first kappa shape index (κ1) is 16.3. The van der Waals surface area contributed by atoms with Crippen LogP contribution in [0.5, 0.6) is 0 Å². The highest BCUT2D eigenvalue weighted by Crippen LogP contribution is 2.39. The summed E-state index contributed by atoms with van der Waals surface area (Å²) >= 11 is 0. The van der Waals surface area contributed by atoms with E-state index in [9.17, 15) is 22.0 Å². The molecular weight excluding hydrogens is 326 g/mol. The van der Waals surface area contributed by atoms with Gasteiger partial charge in [0, 0.05) is 38.2 Å². The third kappa shape index (κ3) is 3.10. The van der Waals surface area contributed by atoms with E-state index in [1.807, 2.05) is 6.92 Å². The molecule has 2 atom stereocenters. The number of hydrogen-bond donors (Lipinski definition) is 0. The van der Waals surface area contributed by atoms with Crippen molar-refractivity contribution in [3.63, 3.8) is 0 Å². The molecule has 5 nitrogen and oxygen atoms in total. The summed E-state index contributed by atoms with van der Waals surface area (Å²) in [5.41, 5.74) is 0. The molecule has 1 heterocycles. The van der Waals surface area contributed by atoms with Gasteiger partial charge < -0.3 is 4.90 Å². The van der Waals surface area contributed by atoms with Gasteiger partial charge in [-0.15, -0.1) is 0 Å². The van der Waals surface area contributed by atoms with E-state index in [1.54, 1.807) is 4.90 Å². The van der Waals surface area contributed by atoms with Gasteiger partial charge in [-0.1, -0.05) is 6.92 Å². The lowest BCUT2D eigenvalue weighted by atomic mass is 10.2. The molecule has 126 valence electrons. The van der Waals surface area contributed by atoms with Crippen molar-refractivity contribution in [3.05, 3.63) is 29.8 Å². The molecule has 1 aromatic carbocycles. The molecule has 0 bridgehead atoms. The predicted molar refractivity (Wildman–Crippen MR) is 79.0 cm³/mol. The van der Waals surface area contributed by atoms with E-state index in [4.69, 9.17) is 0 Å². The standard InChI is InChI=1S/C15H18F2N2O3S/c1-10-8-12(10)15(20)18-4-6-19(7-5-18)23(21,22)14-3-2-11(16)9-13(14)17/h2-3,9-10,12H,4-8H2,1H3/t10-,12+/m0/s1. The van der Waals surface area contributed by atoms with Crippen LogP contribution < -0.4 is 0 Å². The summed E-state index contributed by atoms with van der Waals surface area (Å²) in [6.45, 7) is 2.84. The molecule has 2 fully saturated rings. The second kappa shape index (κ2) is 5.83. The van der Waals surface area contributed by atoms with E-state index in [2.05, 4.69) is 0 Å². The molecule has 1 saturated heterocycles. The van der Waals surface area contributed by atoms with Gasteiger partial charge in [-0.3, -0.25) is 4.79 Å². The van der Waals surface area contributed by atoms with E-state index in [0.29, 0.717) is 25.1 Å². The van der Waals surface area contributed by atoms with Crippen LogP contribution in [0.25, 0.3) is 0 Å². The zero-order chi connectivity index (χ0) is 16.8. The van der Waals surface area contributed by atoms with Crippen molar-refractivity contribution < 1.29 is 22.0 Å². The van der Waals surface area contributed by atoms with E-state index < -0.39 is 26.6 Å². The summed E-state index contributed by atoms with van der Waals surface area (Å²) in [6.07, 6.45) is 0.887. The van der Waals surface area contributed by atoms with Gasteiger partial charge in [0.15, 0.2) is 0 Å². The summed E-state index contributed by atoms with van der Waals surface area (Å²) in [5, 5.41) is 0. The van der Waals surface area contributed by atoms with Crippen LogP contribution in [0.3, 0.4) is 0 Å². The van der Waals surface area contributed by atoms with Gasteiger partial charge in [-0.05, 0) is 24.5 Å². The maximum absolute atomic E-state index is 13.8. The van der Waals surface area contributed by atoms with Crippen molar-refractivity contribution in [3.8, 4) is 0 Å². The lowest BCUT2D eigenvalue weighted by Gasteiger charge is -2.34. The second-order valence-electron chi connectivity index (χ2n) is 6.12. The van der Waals surface area contributed by atoms with Crippen LogP contribution >= 0.6 is 0 Å². The molecular formula is C15H18F2N2O3S. The van der Waals surface area contributed by atoms with Crippen LogP contribution in [0.1, 0.15) is 13.3 Å². The molecule has 1 aromatic rings. The van der Waals surface area contributed by atoms with Crippen molar-refractivity contribution in [2.75, 3.05) is 26.2 Å². The molecule has 0 unspecified atom stereocenters. The van der Waals surface area contributed by atoms with E-state index in [1.165, 1.54) is 0 Å². The molecule has 0 spiro atoms. The fourth-order valence-corrected chi connectivity index (χ4v) is 4.34. The minimum absolute atomic E-state index is 0.0627. The van der Waals surface area contributed by atoms with Crippen molar-refractivity contribution >= 4 is 15.9 Å². The third-order valence-electron chi connectivity index (χ3n) is 4.49. The van der Waals surface area contributed by atoms with Crippen LogP contribution in [0.4, 0.5) is 8.78 Å². The highest BCUT2D eigenvalue weighted by Gasteiger charge is 2.42. The summed E-state index contributed by atoms with van der Waals surface area (Å²) in [6, 6.07) is 2.41. The molecule has 0 aromatic heterocycles. The fourth-order valence-electron chi connectivity index (χ4n) is 2.87. The molecule has 3 rings (SSSR count). The SMILES string of the molecule is C[C@H]1C[C@H]1C(=O)N1CCN(S(=O)(=O)c2ccc(F)cc2F)CC1. The van der Waals surface area contributed by atoms with E-state index >= 15 is 0 Å². The zero-order valence-electron chi connectivity index (χ0n) is 12.7. The van der Waals surface area contributed by atoms with Crippen LogP contribution in [-0.2, 0) is 14.8 Å². The number of carbonyl (C=O) groups is 1. The Bertz CT molecular complexity index is 730. The summed E-state index contributed by atoms with van der Waals surface area (Å²) in [5.74, 6) is -1.39. The van der Waals surface area contributed by atoms with Crippen LogP contribution in [0.15, 0.2) is 23.1 Å². The van der Waals surface area contributed by atoms with Gasteiger partial charge in [0.05, 0.1) is 0 Å². The molecule has 1 aliphatic carbocycles. The maximum Gasteiger partial charge on any atom is 0.246 e. The Morgan fingerprint density at radius 2 is 1.78 bits per heavy atom. The normalized spacial score (nSPS) is 25.4. The molecule has 1 saturated carbocycles. The summed E-state index contributed by atoms with van der Waals surface area (Å²) in [4.78, 5) is 13.3. The molecule has 23 heavy (non-hydrogen) atoms. The fraction of sp³-hybridized carbons (Fsp3) is 0.533. The Kier molecular flexibility index (Phi) is 4.14. The average molecular weight is 344 g/mol. The molecule has 2 aliphatic rings. The minimum Gasteiger partial charge on any atom is -0.340 e. The first-order chi connectivity index (χ1) is 10.8. The van der Waals surface area contributed by atoms with Crippen molar-refractivity contribution in [2.24, 2.45) is 11.8 Å². The van der Waals surface area contributed by atoms with Crippen molar-refractivity contribution in [1.82, 2.24) is 9.21 Å². The van der Waals surface area contributed by atoms with Gasteiger partial charge >= 0.3 is 0 Å².